The van der Waals surface area contributed by atoms with Crippen LogP contribution in [0.25, 0.3) is 0 Å². The van der Waals surface area contributed by atoms with Crippen LogP contribution in [0.15, 0.2) is 65.8 Å². The summed E-state index contributed by atoms with van der Waals surface area (Å²) < 4.78 is 40.7. The van der Waals surface area contributed by atoms with E-state index in [0.717, 1.165) is 24.0 Å². The molecule has 4 rings (SSSR count). The molecule has 1 aliphatic carbocycles. The summed E-state index contributed by atoms with van der Waals surface area (Å²) in [4.78, 5) is 0. The zero-order valence-corrected chi connectivity index (χ0v) is 19.6. The molecule has 1 fully saturated rings. The van der Waals surface area contributed by atoms with Crippen molar-refractivity contribution in [1.29, 1.82) is 0 Å². The SMILES string of the molecule is COc1ccc(CN(Cc2ccc(OC)cc2)S(=O)(=O)c2ccn(C3CCCC3O)n2)cc1. The van der Waals surface area contributed by atoms with E-state index in [1.54, 1.807) is 25.1 Å². The Morgan fingerprint density at radius 3 is 1.94 bits per heavy atom. The van der Waals surface area contributed by atoms with E-state index in [9.17, 15) is 13.5 Å². The number of benzene rings is 2. The third-order valence-electron chi connectivity index (χ3n) is 6.01. The highest BCUT2D eigenvalue weighted by Gasteiger charge is 2.31. The molecule has 1 saturated carbocycles. The molecule has 1 heterocycles. The average molecular weight is 472 g/mol. The molecule has 0 aliphatic heterocycles. The van der Waals surface area contributed by atoms with Crippen LogP contribution in [0.4, 0.5) is 0 Å². The van der Waals surface area contributed by atoms with Crippen molar-refractivity contribution in [3.05, 3.63) is 71.9 Å². The molecule has 1 aromatic heterocycles. The molecule has 1 aliphatic rings. The number of rotatable bonds is 9. The van der Waals surface area contributed by atoms with Crippen molar-refractivity contribution >= 4 is 10.0 Å². The lowest BCUT2D eigenvalue weighted by atomic mass is 10.2. The monoisotopic (exact) mass is 471 g/mol. The van der Waals surface area contributed by atoms with Crippen LogP contribution in [0, 0.1) is 0 Å². The van der Waals surface area contributed by atoms with Crippen molar-refractivity contribution in [2.75, 3.05) is 14.2 Å². The van der Waals surface area contributed by atoms with Gasteiger partial charge in [-0.25, -0.2) is 8.42 Å². The molecule has 176 valence electrons. The smallest absolute Gasteiger partial charge is 0.262 e. The topological polar surface area (TPSA) is 93.9 Å². The molecule has 2 unspecified atom stereocenters. The second-order valence-corrected chi connectivity index (χ2v) is 10.1. The Hall–Kier alpha value is -2.88. The number of hydrogen-bond acceptors (Lipinski definition) is 6. The Kier molecular flexibility index (Phi) is 7.02. The van der Waals surface area contributed by atoms with Crippen LogP contribution in [0.5, 0.6) is 11.5 Å². The minimum absolute atomic E-state index is 0.0244. The molecule has 2 aromatic carbocycles. The van der Waals surface area contributed by atoms with Gasteiger partial charge in [0.2, 0.25) is 0 Å². The maximum Gasteiger partial charge on any atom is 0.262 e. The largest absolute Gasteiger partial charge is 0.497 e. The van der Waals surface area contributed by atoms with Gasteiger partial charge < -0.3 is 14.6 Å². The molecule has 0 saturated heterocycles. The van der Waals surface area contributed by atoms with E-state index >= 15 is 0 Å². The summed E-state index contributed by atoms with van der Waals surface area (Å²) in [6.07, 6.45) is 3.52. The third kappa shape index (κ3) is 5.21. The highest BCUT2D eigenvalue weighted by molar-refractivity contribution is 7.89. The van der Waals surface area contributed by atoms with Crippen molar-refractivity contribution in [3.8, 4) is 11.5 Å². The van der Waals surface area contributed by atoms with Gasteiger partial charge in [-0.15, -0.1) is 0 Å². The molecule has 9 heteroatoms. The Balaban J connectivity index is 1.63. The lowest BCUT2D eigenvalue weighted by Crippen LogP contribution is -2.31. The van der Waals surface area contributed by atoms with Crippen LogP contribution < -0.4 is 9.47 Å². The molecule has 0 amide bonds. The average Bonchev–Trinajstić information content (AvgIpc) is 3.49. The molecular formula is C24H29N3O5S. The lowest BCUT2D eigenvalue weighted by Gasteiger charge is -2.22. The highest BCUT2D eigenvalue weighted by atomic mass is 32.2. The number of aliphatic hydroxyl groups is 1. The first kappa shape index (κ1) is 23.3. The zero-order chi connectivity index (χ0) is 23.4. The van der Waals surface area contributed by atoms with Crippen LogP contribution in [0.1, 0.15) is 36.4 Å². The Morgan fingerprint density at radius 2 is 1.48 bits per heavy atom. The summed E-state index contributed by atoms with van der Waals surface area (Å²) in [5, 5.41) is 14.5. The van der Waals surface area contributed by atoms with Crippen molar-refractivity contribution in [1.82, 2.24) is 14.1 Å². The van der Waals surface area contributed by atoms with E-state index < -0.39 is 16.1 Å². The van der Waals surface area contributed by atoms with Gasteiger partial charge in [-0.1, -0.05) is 24.3 Å². The summed E-state index contributed by atoms with van der Waals surface area (Å²) in [6, 6.07) is 16.0. The van der Waals surface area contributed by atoms with Crippen molar-refractivity contribution in [2.45, 2.75) is 49.5 Å². The molecule has 1 N–H and O–H groups in total. The number of aliphatic hydroxyl groups excluding tert-OH is 1. The predicted octanol–water partition coefficient (Wildman–Crippen LogP) is 3.38. The van der Waals surface area contributed by atoms with Gasteiger partial charge in [-0.3, -0.25) is 4.68 Å². The van der Waals surface area contributed by atoms with Crippen LogP contribution in [-0.2, 0) is 23.1 Å². The van der Waals surface area contributed by atoms with E-state index in [1.165, 1.54) is 10.4 Å². The fraction of sp³-hybridized carbons (Fsp3) is 0.375. The molecular weight excluding hydrogens is 442 g/mol. The number of nitrogens with zero attached hydrogens (tertiary/aromatic N) is 3. The van der Waals surface area contributed by atoms with E-state index in [4.69, 9.17) is 9.47 Å². The first-order valence-corrected chi connectivity index (χ1v) is 12.3. The second-order valence-electron chi connectivity index (χ2n) is 8.17. The summed E-state index contributed by atoms with van der Waals surface area (Å²) in [5.41, 5.74) is 1.66. The van der Waals surface area contributed by atoms with Gasteiger partial charge in [-0.2, -0.15) is 9.40 Å². The zero-order valence-electron chi connectivity index (χ0n) is 18.8. The molecule has 3 aromatic rings. The van der Waals surface area contributed by atoms with E-state index in [-0.39, 0.29) is 24.2 Å². The number of aromatic nitrogens is 2. The standard InChI is InChI=1S/C24H29N3O5S/c1-31-20-10-6-18(7-11-20)16-26(17-19-8-12-21(32-2)13-9-19)33(29,30)24-14-15-27(25-24)22-4-3-5-23(22)28/h6-15,22-23,28H,3-5,16-17H2,1-2H3. The lowest BCUT2D eigenvalue weighted by molar-refractivity contribution is 0.129. The summed E-state index contributed by atoms with van der Waals surface area (Å²) in [5.74, 6) is 1.41. The van der Waals surface area contributed by atoms with Crippen LogP contribution in [-0.4, -0.2) is 47.9 Å². The van der Waals surface area contributed by atoms with E-state index in [0.29, 0.717) is 17.9 Å². The molecule has 33 heavy (non-hydrogen) atoms. The Labute approximate surface area is 194 Å². The normalized spacial score (nSPS) is 18.5. The van der Waals surface area contributed by atoms with Crippen molar-refractivity contribution in [3.63, 3.8) is 0 Å². The van der Waals surface area contributed by atoms with Crippen molar-refractivity contribution < 1.29 is 23.0 Å². The third-order valence-corrected chi connectivity index (χ3v) is 7.69. The molecule has 2 atom stereocenters. The Morgan fingerprint density at radius 1 is 0.939 bits per heavy atom. The maximum atomic E-state index is 13.6. The maximum absolute atomic E-state index is 13.6. The van der Waals surface area contributed by atoms with Crippen LogP contribution in [0.2, 0.25) is 0 Å². The number of hydrogen-bond donors (Lipinski definition) is 1. The molecule has 0 radical (unpaired) electrons. The molecule has 0 bridgehead atoms. The summed E-state index contributed by atoms with van der Waals surface area (Å²) in [6.45, 7) is 0.356. The van der Waals surface area contributed by atoms with Gasteiger partial charge in [0.1, 0.15) is 11.5 Å². The van der Waals surface area contributed by atoms with Gasteiger partial charge in [0.25, 0.3) is 10.0 Å². The van der Waals surface area contributed by atoms with Crippen LogP contribution in [0.3, 0.4) is 0 Å². The van der Waals surface area contributed by atoms with E-state index in [2.05, 4.69) is 5.10 Å². The quantitative estimate of drug-likeness (QED) is 0.514. The molecule has 0 spiro atoms. The highest BCUT2D eigenvalue weighted by Crippen LogP contribution is 2.30. The van der Waals surface area contributed by atoms with E-state index in [1.807, 2.05) is 48.5 Å². The fourth-order valence-electron chi connectivity index (χ4n) is 4.10. The molecule has 8 nitrogen and oxygen atoms in total. The second kappa shape index (κ2) is 9.94. The van der Waals surface area contributed by atoms with Crippen molar-refractivity contribution in [2.24, 2.45) is 0 Å². The number of sulfonamides is 1. The van der Waals surface area contributed by atoms with Gasteiger partial charge in [-0.05, 0) is 60.7 Å². The summed E-state index contributed by atoms with van der Waals surface area (Å²) >= 11 is 0. The van der Waals surface area contributed by atoms with Gasteiger partial charge in [0.15, 0.2) is 5.03 Å². The number of ether oxygens (including phenoxy) is 2. The first-order chi connectivity index (χ1) is 15.9. The minimum atomic E-state index is -3.90. The first-order valence-electron chi connectivity index (χ1n) is 10.9. The number of methoxy groups -OCH3 is 2. The van der Waals surface area contributed by atoms with Gasteiger partial charge in [0, 0.05) is 19.3 Å². The predicted molar refractivity (Wildman–Crippen MR) is 124 cm³/mol. The van der Waals surface area contributed by atoms with Gasteiger partial charge in [0.05, 0.1) is 26.4 Å². The van der Waals surface area contributed by atoms with Crippen LogP contribution >= 0.6 is 0 Å². The minimum Gasteiger partial charge on any atom is -0.497 e. The van der Waals surface area contributed by atoms with Gasteiger partial charge >= 0.3 is 0 Å². The Bertz CT molecular complexity index is 1110. The fourth-order valence-corrected chi connectivity index (χ4v) is 5.43. The summed E-state index contributed by atoms with van der Waals surface area (Å²) in [7, 11) is -0.717.